The van der Waals surface area contributed by atoms with E-state index in [0.717, 1.165) is 21.9 Å². The number of hydrogen-bond donors (Lipinski definition) is 0. The summed E-state index contributed by atoms with van der Waals surface area (Å²) in [6.45, 7) is 4.72. The second-order valence-corrected chi connectivity index (χ2v) is 16.4. The Hall–Kier alpha value is -7.22. The highest BCUT2D eigenvalue weighted by atomic mass is 16.3. The Labute approximate surface area is 337 Å². The minimum absolute atomic E-state index is 0.0430. The van der Waals surface area contributed by atoms with Gasteiger partial charge in [-0.15, -0.1) is 0 Å². The molecular weight excluding hydrogens is 701 g/mol. The van der Waals surface area contributed by atoms with E-state index in [2.05, 4.69) is 196 Å². The van der Waals surface area contributed by atoms with Gasteiger partial charge >= 0.3 is 0 Å². The van der Waals surface area contributed by atoms with Crippen LogP contribution < -0.4 is 0 Å². The van der Waals surface area contributed by atoms with Gasteiger partial charge in [0.1, 0.15) is 11.2 Å². The van der Waals surface area contributed by atoms with Gasteiger partial charge in [0, 0.05) is 16.2 Å². The Balaban J connectivity index is 0.937. The lowest BCUT2D eigenvalue weighted by molar-refractivity contribution is 0.661. The van der Waals surface area contributed by atoms with E-state index in [4.69, 9.17) is 4.42 Å². The van der Waals surface area contributed by atoms with Crippen molar-refractivity contribution in [3.63, 3.8) is 0 Å². The maximum absolute atomic E-state index is 6.11. The molecule has 0 spiro atoms. The number of para-hydroxylation sites is 1. The standard InChI is InChI=1S/C57H38O/c1-57(2)51-29-27-41(32-48(51)49-31-39-11-3-4-12-40(39)34-52(49)57)35-19-23-37(24-20-35)55-44-14-5-7-16-46(44)56(47-17-8-6-15-45(47)55)38-25-21-36(22-26-38)42-28-30-54-50(33-42)43-13-9-10-18-53(43)58-54/h3-34H,1-2H3. The van der Waals surface area contributed by atoms with Gasteiger partial charge in [0.15, 0.2) is 0 Å². The van der Waals surface area contributed by atoms with Gasteiger partial charge in [-0.25, -0.2) is 0 Å². The van der Waals surface area contributed by atoms with E-state index < -0.39 is 0 Å². The quantitative estimate of drug-likeness (QED) is 0.164. The first-order chi connectivity index (χ1) is 28.5. The molecule has 1 heteroatoms. The third kappa shape index (κ3) is 4.90. The number of benzene rings is 10. The Morgan fingerprint density at radius 2 is 0.741 bits per heavy atom. The van der Waals surface area contributed by atoms with E-state index in [-0.39, 0.29) is 5.41 Å². The maximum Gasteiger partial charge on any atom is 0.135 e. The molecule has 1 aromatic heterocycles. The van der Waals surface area contributed by atoms with Crippen LogP contribution in [0.2, 0.25) is 0 Å². The van der Waals surface area contributed by atoms with Crippen LogP contribution in [0.5, 0.6) is 0 Å². The van der Waals surface area contributed by atoms with Crippen LogP contribution in [0.4, 0.5) is 0 Å². The largest absolute Gasteiger partial charge is 0.456 e. The molecule has 272 valence electrons. The second-order valence-electron chi connectivity index (χ2n) is 16.4. The monoisotopic (exact) mass is 738 g/mol. The molecule has 1 aliphatic rings. The van der Waals surface area contributed by atoms with Crippen molar-refractivity contribution in [2.45, 2.75) is 19.3 Å². The molecule has 1 heterocycles. The molecule has 0 aliphatic heterocycles. The summed E-state index contributed by atoms with van der Waals surface area (Å²) >= 11 is 0. The molecule has 0 atom stereocenters. The van der Waals surface area contributed by atoms with Crippen LogP contribution in [-0.2, 0) is 5.41 Å². The van der Waals surface area contributed by atoms with Crippen molar-refractivity contribution < 1.29 is 4.42 Å². The smallest absolute Gasteiger partial charge is 0.135 e. The number of rotatable bonds is 4. The van der Waals surface area contributed by atoms with Crippen LogP contribution >= 0.6 is 0 Å². The van der Waals surface area contributed by atoms with Gasteiger partial charge in [-0.1, -0.05) is 172 Å². The van der Waals surface area contributed by atoms with E-state index in [9.17, 15) is 0 Å². The van der Waals surface area contributed by atoms with Crippen molar-refractivity contribution >= 4 is 54.3 Å². The van der Waals surface area contributed by atoms with Crippen LogP contribution in [0.15, 0.2) is 199 Å². The van der Waals surface area contributed by atoms with E-state index in [1.54, 1.807) is 0 Å². The first kappa shape index (κ1) is 33.0. The van der Waals surface area contributed by atoms with Crippen molar-refractivity contribution in [3.8, 4) is 55.6 Å². The highest BCUT2D eigenvalue weighted by Gasteiger charge is 2.35. The fourth-order valence-corrected chi connectivity index (χ4v) is 9.93. The zero-order chi connectivity index (χ0) is 38.5. The fraction of sp³-hybridized carbons (Fsp3) is 0.0526. The maximum atomic E-state index is 6.11. The molecule has 1 nitrogen and oxygen atoms in total. The van der Waals surface area contributed by atoms with Crippen molar-refractivity contribution in [1.82, 2.24) is 0 Å². The van der Waals surface area contributed by atoms with Gasteiger partial charge in [-0.3, -0.25) is 0 Å². The molecule has 0 fully saturated rings. The van der Waals surface area contributed by atoms with Crippen molar-refractivity contribution in [3.05, 3.63) is 205 Å². The van der Waals surface area contributed by atoms with Gasteiger partial charge in [-0.05, 0) is 135 Å². The minimum Gasteiger partial charge on any atom is -0.456 e. The van der Waals surface area contributed by atoms with Crippen LogP contribution in [0, 0.1) is 0 Å². The Bertz CT molecular complexity index is 3390. The van der Waals surface area contributed by atoms with Gasteiger partial charge in [-0.2, -0.15) is 0 Å². The van der Waals surface area contributed by atoms with E-state index in [1.165, 1.54) is 99.1 Å². The van der Waals surface area contributed by atoms with Gasteiger partial charge in [0.25, 0.3) is 0 Å². The normalized spacial score (nSPS) is 13.1. The molecule has 0 N–H and O–H groups in total. The van der Waals surface area contributed by atoms with Crippen LogP contribution in [0.25, 0.3) is 110 Å². The van der Waals surface area contributed by atoms with Crippen molar-refractivity contribution in [2.24, 2.45) is 0 Å². The summed E-state index contributed by atoms with van der Waals surface area (Å²) in [6.07, 6.45) is 0. The van der Waals surface area contributed by atoms with Crippen LogP contribution in [0.1, 0.15) is 25.0 Å². The summed E-state index contributed by atoms with van der Waals surface area (Å²) in [5.41, 5.74) is 17.1. The molecule has 0 radical (unpaired) electrons. The highest BCUT2D eigenvalue weighted by Crippen LogP contribution is 2.51. The molecule has 11 aromatic rings. The Morgan fingerprint density at radius 3 is 1.34 bits per heavy atom. The van der Waals surface area contributed by atoms with E-state index in [1.807, 2.05) is 12.1 Å². The fourth-order valence-electron chi connectivity index (χ4n) is 9.93. The number of fused-ring (bicyclic) bond motifs is 9. The van der Waals surface area contributed by atoms with Gasteiger partial charge in [0.2, 0.25) is 0 Å². The van der Waals surface area contributed by atoms with Crippen LogP contribution in [-0.4, -0.2) is 0 Å². The average molecular weight is 739 g/mol. The van der Waals surface area contributed by atoms with E-state index in [0.29, 0.717) is 0 Å². The van der Waals surface area contributed by atoms with Crippen LogP contribution in [0.3, 0.4) is 0 Å². The predicted octanol–water partition coefficient (Wildman–Crippen LogP) is 16.0. The van der Waals surface area contributed by atoms with E-state index >= 15 is 0 Å². The molecular formula is C57H38O. The Kier molecular flexibility index (Phi) is 7.04. The predicted molar refractivity (Wildman–Crippen MR) is 246 cm³/mol. The highest BCUT2D eigenvalue weighted by molar-refractivity contribution is 6.21. The third-order valence-corrected chi connectivity index (χ3v) is 12.9. The van der Waals surface area contributed by atoms with Gasteiger partial charge in [0.05, 0.1) is 0 Å². The minimum atomic E-state index is -0.0430. The number of furan rings is 1. The summed E-state index contributed by atoms with van der Waals surface area (Å²) in [6, 6.07) is 71.5. The lowest BCUT2D eigenvalue weighted by Crippen LogP contribution is -2.14. The zero-order valence-electron chi connectivity index (χ0n) is 32.4. The number of hydrogen-bond acceptors (Lipinski definition) is 1. The summed E-state index contributed by atoms with van der Waals surface area (Å²) in [7, 11) is 0. The second kappa shape index (κ2) is 12.4. The first-order valence-electron chi connectivity index (χ1n) is 20.2. The summed E-state index contributed by atoms with van der Waals surface area (Å²) in [4.78, 5) is 0. The molecule has 0 amide bonds. The first-order valence-corrected chi connectivity index (χ1v) is 20.2. The lowest BCUT2D eigenvalue weighted by atomic mass is 9.81. The molecule has 0 bridgehead atoms. The summed E-state index contributed by atoms with van der Waals surface area (Å²) in [5.74, 6) is 0. The molecule has 0 saturated heterocycles. The van der Waals surface area contributed by atoms with Crippen molar-refractivity contribution in [1.29, 1.82) is 0 Å². The van der Waals surface area contributed by atoms with Crippen molar-refractivity contribution in [2.75, 3.05) is 0 Å². The topological polar surface area (TPSA) is 13.1 Å². The lowest BCUT2D eigenvalue weighted by Gasteiger charge is -2.22. The average Bonchev–Trinajstić information content (AvgIpc) is 3.75. The summed E-state index contributed by atoms with van der Waals surface area (Å²) < 4.78 is 6.11. The summed E-state index contributed by atoms with van der Waals surface area (Å²) in [5, 5.41) is 9.92. The molecule has 0 saturated carbocycles. The molecule has 12 rings (SSSR count). The molecule has 1 aliphatic carbocycles. The zero-order valence-corrected chi connectivity index (χ0v) is 32.4. The third-order valence-electron chi connectivity index (χ3n) is 12.9. The SMILES string of the molecule is CC1(C)c2ccc(-c3ccc(-c4c5ccccc5c(-c5ccc(-c6ccc7oc8ccccc8c7c6)cc5)c5ccccc45)cc3)cc2-c2cc3ccccc3cc21. The van der Waals surface area contributed by atoms with Gasteiger partial charge < -0.3 is 4.42 Å². The molecule has 58 heavy (non-hydrogen) atoms. The molecule has 10 aromatic carbocycles. The Morgan fingerprint density at radius 1 is 0.310 bits per heavy atom. The molecule has 0 unspecified atom stereocenters.